The van der Waals surface area contributed by atoms with Gasteiger partial charge in [-0.1, -0.05) is 44.2 Å². The summed E-state index contributed by atoms with van der Waals surface area (Å²) in [6.07, 6.45) is -1.04. The molecule has 2 atom stereocenters. The average molecular weight is 443 g/mol. The molecule has 1 fully saturated rings. The fraction of sp³-hybridized carbons (Fsp3) is 0.526. The molecule has 1 saturated heterocycles. The van der Waals surface area contributed by atoms with Crippen LogP contribution in [0.25, 0.3) is 0 Å². The zero-order valence-electron chi connectivity index (χ0n) is 17.3. The van der Waals surface area contributed by atoms with Crippen molar-refractivity contribution in [3.8, 4) is 0 Å². The van der Waals surface area contributed by atoms with Gasteiger partial charge in [-0.3, -0.25) is 14.4 Å². The van der Waals surface area contributed by atoms with Crippen molar-refractivity contribution in [3.05, 3.63) is 35.9 Å². The Kier molecular flexibility index (Phi) is 8.69. The van der Waals surface area contributed by atoms with Crippen LogP contribution in [0.15, 0.2) is 30.3 Å². The maximum atomic E-state index is 12.5. The van der Waals surface area contributed by atoms with E-state index in [4.69, 9.17) is 13.8 Å². The molecule has 0 aromatic heterocycles. The van der Waals surface area contributed by atoms with Gasteiger partial charge in [-0.05, 0) is 5.56 Å². The number of rotatable bonds is 9. The molecular formula is C19H28N2O8P+. The second-order valence-corrected chi connectivity index (χ2v) is 9.19. The summed E-state index contributed by atoms with van der Waals surface area (Å²) in [5.74, 6) is -1.57. The zero-order valence-corrected chi connectivity index (χ0v) is 18.1. The second-order valence-electron chi connectivity index (χ2n) is 7.37. The van der Waals surface area contributed by atoms with Crippen molar-refractivity contribution in [3.63, 3.8) is 0 Å². The highest BCUT2D eigenvalue weighted by atomic mass is 31.2. The summed E-state index contributed by atoms with van der Waals surface area (Å²) in [7, 11) is -2.40. The van der Waals surface area contributed by atoms with E-state index < -0.39 is 37.5 Å². The standard InChI is InChI=1S/C19H27N2O8P/c1-19(2)13-28-30(25,29-17(19)18(24)20-10-9-15(22)26-3)21-11-16(23)27-12-14-7-5-4-6-8-14/h4-8,17,21,25H,9-13H2,1-3H3/p+1/t17-,30?/m0/s1. The van der Waals surface area contributed by atoms with Gasteiger partial charge in [0.25, 0.3) is 5.91 Å². The zero-order chi connectivity index (χ0) is 22.2. The van der Waals surface area contributed by atoms with Crippen molar-refractivity contribution in [1.29, 1.82) is 0 Å². The molecule has 3 N–H and O–H groups in total. The highest BCUT2D eigenvalue weighted by Crippen LogP contribution is 2.59. The van der Waals surface area contributed by atoms with E-state index in [1.54, 1.807) is 13.8 Å². The summed E-state index contributed by atoms with van der Waals surface area (Å²) in [6.45, 7) is 3.33. The summed E-state index contributed by atoms with van der Waals surface area (Å²) < 4.78 is 20.6. The first-order chi connectivity index (χ1) is 14.1. The van der Waals surface area contributed by atoms with E-state index in [0.29, 0.717) is 0 Å². The minimum atomic E-state index is -3.66. The van der Waals surface area contributed by atoms with Gasteiger partial charge in [0.2, 0.25) is 0 Å². The van der Waals surface area contributed by atoms with E-state index in [0.717, 1.165) is 5.56 Å². The number of nitrogens with one attached hydrogen (secondary N) is 2. The van der Waals surface area contributed by atoms with E-state index in [1.807, 2.05) is 30.3 Å². The lowest BCUT2D eigenvalue weighted by molar-refractivity contribution is -0.144. The summed E-state index contributed by atoms with van der Waals surface area (Å²) in [5.41, 5.74) is 0.0897. The van der Waals surface area contributed by atoms with Crippen LogP contribution in [-0.4, -0.2) is 55.6 Å². The number of esters is 2. The van der Waals surface area contributed by atoms with Gasteiger partial charge < -0.3 is 14.8 Å². The average Bonchev–Trinajstić information content (AvgIpc) is 2.73. The fourth-order valence-corrected chi connectivity index (χ4v) is 4.30. The highest BCUT2D eigenvalue weighted by Gasteiger charge is 2.57. The number of hydrogen-bond acceptors (Lipinski definition) is 9. The molecule has 11 heteroatoms. The van der Waals surface area contributed by atoms with Gasteiger partial charge in [0.05, 0.1) is 13.5 Å². The van der Waals surface area contributed by atoms with Crippen LogP contribution in [0.1, 0.15) is 25.8 Å². The summed E-state index contributed by atoms with van der Waals surface area (Å²) in [6, 6.07) is 9.16. The monoisotopic (exact) mass is 443 g/mol. The molecule has 0 radical (unpaired) electrons. The summed E-state index contributed by atoms with van der Waals surface area (Å²) in [5, 5.41) is 5.11. The molecule has 166 valence electrons. The first-order valence-electron chi connectivity index (χ1n) is 9.39. The number of hydrogen-bond donors (Lipinski definition) is 3. The van der Waals surface area contributed by atoms with Crippen molar-refractivity contribution in [2.24, 2.45) is 5.41 Å². The predicted molar refractivity (Wildman–Crippen MR) is 108 cm³/mol. The van der Waals surface area contributed by atoms with Gasteiger partial charge in [0.1, 0.15) is 19.8 Å². The Morgan fingerprint density at radius 2 is 1.93 bits per heavy atom. The first-order valence-corrected chi connectivity index (χ1v) is 11.0. The Hall–Kier alpha value is -2.10. The minimum absolute atomic E-state index is 0.0107. The molecule has 1 aliphatic rings. The third-order valence-electron chi connectivity index (χ3n) is 4.33. The fourth-order valence-electron chi connectivity index (χ4n) is 2.57. The van der Waals surface area contributed by atoms with Gasteiger partial charge in [-0.25, -0.2) is 0 Å². The van der Waals surface area contributed by atoms with E-state index in [2.05, 4.69) is 15.1 Å². The predicted octanol–water partition coefficient (Wildman–Crippen LogP) is 1.11. The van der Waals surface area contributed by atoms with Gasteiger partial charge in [0, 0.05) is 12.0 Å². The topological polar surface area (TPSA) is 132 Å². The van der Waals surface area contributed by atoms with Crippen LogP contribution in [0, 0.1) is 5.41 Å². The van der Waals surface area contributed by atoms with Crippen molar-refractivity contribution < 1.29 is 37.8 Å². The first kappa shape index (κ1) is 24.2. The molecule has 0 aliphatic carbocycles. The third-order valence-corrected chi connectivity index (χ3v) is 5.86. The molecule has 0 saturated carbocycles. The number of benzene rings is 1. The molecule has 1 heterocycles. The van der Waals surface area contributed by atoms with Gasteiger partial charge in [0.15, 0.2) is 6.10 Å². The number of ether oxygens (including phenoxy) is 2. The number of methoxy groups -OCH3 is 1. The van der Waals surface area contributed by atoms with E-state index >= 15 is 0 Å². The molecular weight excluding hydrogens is 415 g/mol. The lowest BCUT2D eigenvalue weighted by Crippen LogP contribution is -2.52. The number of carbonyl (C=O) groups excluding carboxylic acids is 3. The van der Waals surface area contributed by atoms with E-state index in [-0.39, 0.29) is 32.7 Å². The lowest BCUT2D eigenvalue weighted by Gasteiger charge is -2.37. The van der Waals surface area contributed by atoms with Crippen molar-refractivity contribution in [1.82, 2.24) is 10.4 Å². The van der Waals surface area contributed by atoms with Crippen LogP contribution >= 0.6 is 8.09 Å². The normalized spacial score (nSPS) is 22.7. The van der Waals surface area contributed by atoms with Gasteiger partial charge >= 0.3 is 20.0 Å². The van der Waals surface area contributed by atoms with Crippen LogP contribution in [0.5, 0.6) is 0 Å². The Balaban J connectivity index is 1.86. The second kappa shape index (κ2) is 10.8. The Morgan fingerprint density at radius 1 is 1.23 bits per heavy atom. The molecule has 1 aliphatic heterocycles. The van der Waals surface area contributed by atoms with Crippen LogP contribution < -0.4 is 10.4 Å². The SMILES string of the molecule is COC(=O)CCNC(=O)[C@@H]1O[P+](O)(NCC(=O)OCc2ccccc2)OCC1(C)C. The Bertz CT molecular complexity index is 745. The Labute approximate surface area is 175 Å². The van der Waals surface area contributed by atoms with Crippen LogP contribution in [0.2, 0.25) is 0 Å². The molecule has 2 rings (SSSR count). The quantitative estimate of drug-likeness (QED) is 0.379. The van der Waals surface area contributed by atoms with Crippen molar-refractivity contribution >= 4 is 25.9 Å². The van der Waals surface area contributed by atoms with Crippen LogP contribution in [-0.2, 0) is 39.5 Å². The van der Waals surface area contributed by atoms with Gasteiger partial charge in [-0.15, -0.1) is 9.61 Å². The maximum absolute atomic E-state index is 12.5. The summed E-state index contributed by atoms with van der Waals surface area (Å²) >= 11 is 0. The maximum Gasteiger partial charge on any atom is 0.500 e. The largest absolute Gasteiger partial charge is 0.500 e. The minimum Gasteiger partial charge on any atom is -0.469 e. The van der Waals surface area contributed by atoms with Crippen molar-refractivity contribution in [2.75, 3.05) is 26.8 Å². The number of carbonyl (C=O) groups is 3. The molecule has 10 nitrogen and oxygen atoms in total. The third kappa shape index (κ3) is 7.30. The smallest absolute Gasteiger partial charge is 0.469 e. The van der Waals surface area contributed by atoms with Crippen molar-refractivity contribution in [2.45, 2.75) is 33.0 Å². The van der Waals surface area contributed by atoms with Crippen LogP contribution in [0.4, 0.5) is 0 Å². The molecule has 1 aromatic carbocycles. The molecule has 1 unspecified atom stereocenters. The molecule has 0 spiro atoms. The molecule has 1 aromatic rings. The van der Waals surface area contributed by atoms with Gasteiger partial charge in [-0.2, -0.15) is 9.42 Å². The molecule has 0 bridgehead atoms. The summed E-state index contributed by atoms with van der Waals surface area (Å²) in [4.78, 5) is 46.3. The van der Waals surface area contributed by atoms with E-state index in [1.165, 1.54) is 7.11 Å². The molecule has 1 amide bonds. The Morgan fingerprint density at radius 3 is 2.60 bits per heavy atom. The van der Waals surface area contributed by atoms with E-state index in [9.17, 15) is 19.3 Å². The lowest BCUT2D eigenvalue weighted by atomic mass is 9.87. The van der Waals surface area contributed by atoms with Crippen LogP contribution in [0.3, 0.4) is 0 Å². The molecule has 30 heavy (non-hydrogen) atoms. The highest BCUT2D eigenvalue weighted by molar-refractivity contribution is 7.58. The number of amides is 1.